The van der Waals surface area contributed by atoms with Crippen LogP contribution >= 0.6 is 34.3 Å². The number of benzene rings is 1. The second kappa shape index (κ2) is 6.05. The van der Waals surface area contributed by atoms with Crippen LogP contribution in [-0.2, 0) is 0 Å². The Hall–Kier alpha value is -2.15. The lowest BCUT2D eigenvalue weighted by Gasteiger charge is -1.99. The molecule has 0 saturated carbocycles. The predicted molar refractivity (Wildman–Crippen MR) is 99.3 cm³/mol. The van der Waals surface area contributed by atoms with Crippen molar-refractivity contribution in [1.29, 1.82) is 0 Å². The number of fused-ring (bicyclic) bond motifs is 1. The first-order valence-corrected chi connectivity index (χ1v) is 9.25. The molecule has 7 heteroatoms. The molecule has 0 aliphatic rings. The molecule has 1 aromatic carbocycles. The molecule has 0 saturated heterocycles. The Morgan fingerprint density at radius 2 is 2.12 bits per heavy atom. The second-order valence-corrected chi connectivity index (χ2v) is 7.36. The highest BCUT2D eigenvalue weighted by molar-refractivity contribution is 7.16. The normalized spacial score (nSPS) is 11.1. The number of nitrogens with one attached hydrogen (secondary N) is 1. The lowest BCUT2D eigenvalue weighted by Crippen LogP contribution is -2.11. The summed E-state index contributed by atoms with van der Waals surface area (Å²) in [4.78, 5) is 18.0. The number of aromatic nitrogens is 1. The van der Waals surface area contributed by atoms with Crippen molar-refractivity contribution in [1.82, 2.24) is 4.98 Å². The average Bonchev–Trinajstić information content (AvgIpc) is 3.28. The number of rotatable bonds is 3. The van der Waals surface area contributed by atoms with E-state index in [4.69, 9.17) is 16.0 Å². The van der Waals surface area contributed by atoms with Crippen molar-refractivity contribution in [2.24, 2.45) is 0 Å². The van der Waals surface area contributed by atoms with E-state index in [1.165, 1.54) is 11.3 Å². The number of thiazole rings is 1. The number of para-hydroxylation sites is 1. The summed E-state index contributed by atoms with van der Waals surface area (Å²) >= 11 is 9.13. The fourth-order valence-electron chi connectivity index (χ4n) is 2.45. The number of anilines is 1. The van der Waals surface area contributed by atoms with Gasteiger partial charge in [0.25, 0.3) is 5.91 Å². The maximum Gasteiger partial charge on any atom is 0.293 e. The Kier molecular flexibility index (Phi) is 3.88. The number of furan rings is 1. The number of carbonyl (C=O) groups is 1. The average molecular weight is 375 g/mol. The highest BCUT2D eigenvalue weighted by atomic mass is 35.5. The molecule has 4 nitrogen and oxygen atoms in total. The summed E-state index contributed by atoms with van der Waals surface area (Å²) < 4.78 is 5.68. The molecule has 3 aromatic heterocycles. The van der Waals surface area contributed by atoms with Gasteiger partial charge in [-0.1, -0.05) is 29.8 Å². The minimum absolute atomic E-state index is 0.256. The monoisotopic (exact) mass is 374 g/mol. The molecular formula is C17H11ClN2O2S2. The fourth-order valence-corrected chi connectivity index (χ4v) is 4.13. The maximum atomic E-state index is 12.5. The predicted octanol–water partition coefficient (Wildman–Crippen LogP) is 5.83. The third kappa shape index (κ3) is 2.62. The van der Waals surface area contributed by atoms with Crippen LogP contribution in [0, 0.1) is 6.92 Å². The van der Waals surface area contributed by atoms with E-state index in [1.54, 1.807) is 17.4 Å². The molecule has 0 fully saturated rings. The van der Waals surface area contributed by atoms with Gasteiger partial charge in [0, 0.05) is 16.3 Å². The summed E-state index contributed by atoms with van der Waals surface area (Å²) in [6.45, 7) is 1.84. The maximum absolute atomic E-state index is 12.5. The molecule has 0 unspecified atom stereocenters. The summed E-state index contributed by atoms with van der Waals surface area (Å²) in [5, 5.41) is 8.58. The molecule has 0 atom stereocenters. The summed E-state index contributed by atoms with van der Waals surface area (Å²) in [5.41, 5.74) is 2.15. The molecule has 0 bridgehead atoms. The van der Waals surface area contributed by atoms with Gasteiger partial charge in [0.2, 0.25) is 0 Å². The number of carbonyl (C=O) groups excluding carboxylic acids is 1. The molecule has 120 valence electrons. The van der Waals surface area contributed by atoms with Crippen molar-refractivity contribution < 1.29 is 9.21 Å². The Morgan fingerprint density at radius 3 is 2.88 bits per heavy atom. The zero-order valence-corrected chi connectivity index (χ0v) is 14.9. The summed E-state index contributed by atoms with van der Waals surface area (Å²) in [6.07, 6.45) is 0. The molecule has 0 spiro atoms. The van der Waals surface area contributed by atoms with Gasteiger partial charge in [0.15, 0.2) is 16.5 Å². The fraction of sp³-hybridized carbons (Fsp3) is 0.0588. The van der Waals surface area contributed by atoms with Crippen molar-refractivity contribution in [3.63, 3.8) is 0 Å². The number of hydrogen-bond acceptors (Lipinski definition) is 5. The van der Waals surface area contributed by atoms with E-state index in [2.05, 4.69) is 10.3 Å². The van der Waals surface area contributed by atoms with Crippen LogP contribution in [0.5, 0.6) is 0 Å². The Labute approximate surface area is 150 Å². The van der Waals surface area contributed by atoms with Crippen molar-refractivity contribution >= 4 is 56.3 Å². The van der Waals surface area contributed by atoms with Crippen molar-refractivity contribution in [3.8, 4) is 10.6 Å². The van der Waals surface area contributed by atoms with Gasteiger partial charge < -0.3 is 4.42 Å². The number of hydrogen-bond donors (Lipinski definition) is 1. The third-order valence-electron chi connectivity index (χ3n) is 3.62. The van der Waals surface area contributed by atoms with Crippen LogP contribution in [-0.4, -0.2) is 10.9 Å². The van der Waals surface area contributed by atoms with Crippen molar-refractivity contribution in [3.05, 3.63) is 57.4 Å². The molecule has 4 rings (SSSR count). The zero-order chi connectivity index (χ0) is 16.7. The van der Waals surface area contributed by atoms with Gasteiger partial charge in [0.05, 0.1) is 15.6 Å². The number of halogens is 1. The molecular weight excluding hydrogens is 364 g/mol. The molecule has 3 heterocycles. The molecule has 1 N–H and O–H groups in total. The Morgan fingerprint density at radius 1 is 1.25 bits per heavy atom. The zero-order valence-electron chi connectivity index (χ0n) is 12.5. The summed E-state index contributed by atoms with van der Waals surface area (Å²) in [7, 11) is 0. The van der Waals surface area contributed by atoms with Crippen LogP contribution in [0.4, 0.5) is 5.13 Å². The van der Waals surface area contributed by atoms with E-state index < -0.39 is 0 Å². The van der Waals surface area contributed by atoms with Crippen LogP contribution in [0.1, 0.15) is 16.1 Å². The topological polar surface area (TPSA) is 55.1 Å². The molecule has 1 amide bonds. The Balaban J connectivity index is 1.63. The summed E-state index contributed by atoms with van der Waals surface area (Å²) in [6, 6.07) is 9.43. The highest BCUT2D eigenvalue weighted by Crippen LogP contribution is 2.32. The van der Waals surface area contributed by atoms with E-state index in [0.29, 0.717) is 15.7 Å². The lowest BCUT2D eigenvalue weighted by molar-refractivity contribution is 0.0998. The van der Waals surface area contributed by atoms with Gasteiger partial charge in [-0.15, -0.1) is 22.7 Å². The molecule has 0 radical (unpaired) electrons. The number of amides is 1. The van der Waals surface area contributed by atoms with Gasteiger partial charge in [-0.05, 0) is 24.4 Å². The minimum Gasteiger partial charge on any atom is -0.449 e. The van der Waals surface area contributed by atoms with E-state index in [9.17, 15) is 4.79 Å². The van der Waals surface area contributed by atoms with Crippen molar-refractivity contribution in [2.45, 2.75) is 6.92 Å². The first-order valence-electron chi connectivity index (χ1n) is 7.12. The third-order valence-corrected chi connectivity index (χ3v) is 5.57. The van der Waals surface area contributed by atoms with Crippen LogP contribution in [0.15, 0.2) is 45.5 Å². The van der Waals surface area contributed by atoms with Crippen LogP contribution in [0.25, 0.3) is 21.5 Å². The molecule has 0 aliphatic carbocycles. The summed E-state index contributed by atoms with van der Waals surface area (Å²) in [5.74, 6) is -0.0715. The van der Waals surface area contributed by atoms with E-state index in [1.807, 2.05) is 41.9 Å². The van der Waals surface area contributed by atoms with Crippen LogP contribution in [0.3, 0.4) is 0 Å². The smallest absolute Gasteiger partial charge is 0.293 e. The van der Waals surface area contributed by atoms with E-state index in [0.717, 1.165) is 21.5 Å². The SMILES string of the molecule is Cc1c(C(=O)Nc2nc(-c3cccs3)cs2)oc2c(Cl)cccc12. The Bertz CT molecular complexity index is 1030. The lowest BCUT2D eigenvalue weighted by atomic mass is 10.1. The molecule has 0 aliphatic heterocycles. The molecule has 4 aromatic rings. The van der Waals surface area contributed by atoms with E-state index in [-0.39, 0.29) is 11.7 Å². The largest absolute Gasteiger partial charge is 0.449 e. The van der Waals surface area contributed by atoms with Crippen LogP contribution < -0.4 is 5.32 Å². The number of nitrogens with zero attached hydrogens (tertiary/aromatic N) is 1. The van der Waals surface area contributed by atoms with Gasteiger partial charge in [-0.25, -0.2) is 4.98 Å². The quantitative estimate of drug-likeness (QED) is 0.490. The highest BCUT2D eigenvalue weighted by Gasteiger charge is 2.20. The van der Waals surface area contributed by atoms with Crippen LogP contribution in [0.2, 0.25) is 5.02 Å². The number of aryl methyl sites for hydroxylation is 1. The molecule has 24 heavy (non-hydrogen) atoms. The van der Waals surface area contributed by atoms with Gasteiger partial charge >= 0.3 is 0 Å². The standard InChI is InChI=1S/C17H11ClN2O2S2/c1-9-10-4-2-5-11(18)15(10)22-14(9)16(21)20-17-19-12(8-24-17)13-6-3-7-23-13/h2-8H,1H3,(H,19,20,21). The van der Waals surface area contributed by atoms with E-state index >= 15 is 0 Å². The van der Waals surface area contributed by atoms with Gasteiger partial charge in [0.1, 0.15) is 0 Å². The van der Waals surface area contributed by atoms with Gasteiger partial charge in [-0.2, -0.15) is 0 Å². The van der Waals surface area contributed by atoms with Crippen molar-refractivity contribution in [2.75, 3.05) is 5.32 Å². The number of thiophene rings is 1. The first kappa shape index (κ1) is 15.4. The first-order chi connectivity index (χ1) is 11.6. The van der Waals surface area contributed by atoms with Gasteiger partial charge in [-0.3, -0.25) is 10.1 Å². The second-order valence-electron chi connectivity index (χ2n) is 5.14. The minimum atomic E-state index is -0.327.